The summed E-state index contributed by atoms with van der Waals surface area (Å²) in [6, 6.07) is 3.66. The van der Waals surface area contributed by atoms with Crippen molar-refractivity contribution in [3.8, 4) is 0 Å². The molecule has 57 valence electrons. The van der Waals surface area contributed by atoms with Crippen molar-refractivity contribution in [2.45, 2.75) is 0 Å². The van der Waals surface area contributed by atoms with Crippen molar-refractivity contribution in [1.29, 1.82) is 0 Å². The molecule has 0 aliphatic carbocycles. The molecule has 0 aliphatic rings. The van der Waals surface area contributed by atoms with E-state index in [1.165, 1.54) is 0 Å². The van der Waals surface area contributed by atoms with Crippen molar-refractivity contribution in [2.24, 2.45) is 0 Å². The molecule has 0 bridgehead atoms. The highest BCUT2D eigenvalue weighted by Crippen LogP contribution is 2.13. The van der Waals surface area contributed by atoms with Crippen molar-refractivity contribution < 1.29 is 0 Å². The maximum atomic E-state index is 5.53. The van der Waals surface area contributed by atoms with E-state index in [2.05, 4.69) is 16.9 Å². The van der Waals surface area contributed by atoms with Crippen LogP contribution in [0.5, 0.6) is 0 Å². The normalized spacial score (nSPS) is 9.09. The number of rotatable bonds is 3. The molecule has 1 rings (SSSR count). The van der Waals surface area contributed by atoms with Crippen LogP contribution in [0, 0.1) is 6.54 Å². The average molecular weight is 148 g/mol. The first-order valence-electron chi connectivity index (χ1n) is 3.26. The van der Waals surface area contributed by atoms with E-state index in [-0.39, 0.29) is 0 Å². The predicted octanol–water partition coefficient (Wildman–Crippen LogP) is 1.42. The summed E-state index contributed by atoms with van der Waals surface area (Å²) >= 11 is 0. The number of nitrogens with two attached hydrogens (primary N) is 1. The van der Waals surface area contributed by atoms with Crippen molar-refractivity contribution in [2.75, 3.05) is 11.1 Å². The second kappa shape index (κ2) is 3.61. The second-order valence-electron chi connectivity index (χ2n) is 1.98. The fourth-order valence-electron chi connectivity index (χ4n) is 0.688. The molecule has 0 aromatic carbocycles. The van der Waals surface area contributed by atoms with Crippen LogP contribution in [0.15, 0.2) is 31.0 Å². The smallest absolute Gasteiger partial charge is 0.146 e. The monoisotopic (exact) mass is 148 g/mol. The number of hydrogen-bond acceptors (Lipinski definition) is 3. The van der Waals surface area contributed by atoms with Gasteiger partial charge in [-0.15, -0.1) is 6.58 Å². The van der Waals surface area contributed by atoms with Crippen molar-refractivity contribution in [1.82, 2.24) is 4.98 Å². The number of hydrogen-bond donors (Lipinski definition) is 2. The summed E-state index contributed by atoms with van der Waals surface area (Å²) < 4.78 is 0. The average Bonchev–Trinajstić information content (AvgIpc) is 2.03. The molecular formula is C8H10N3. The Morgan fingerprint density at radius 3 is 3.09 bits per heavy atom. The molecule has 3 N–H and O–H groups in total. The summed E-state index contributed by atoms with van der Waals surface area (Å²) in [5.41, 5.74) is 6.33. The van der Waals surface area contributed by atoms with E-state index >= 15 is 0 Å². The summed E-state index contributed by atoms with van der Waals surface area (Å²) in [4.78, 5) is 3.89. The molecule has 0 spiro atoms. The molecule has 1 aromatic rings. The molecule has 0 fully saturated rings. The summed E-state index contributed by atoms with van der Waals surface area (Å²) in [5, 5.41) is 2.93. The van der Waals surface area contributed by atoms with E-state index in [1.54, 1.807) is 18.8 Å². The summed E-state index contributed by atoms with van der Waals surface area (Å²) in [6.07, 6.45) is 3.29. The Morgan fingerprint density at radius 1 is 1.64 bits per heavy atom. The van der Waals surface area contributed by atoms with Crippen LogP contribution in [0.4, 0.5) is 11.5 Å². The predicted molar refractivity (Wildman–Crippen MR) is 46.8 cm³/mol. The molecule has 0 unspecified atom stereocenters. The fraction of sp³-hybridized carbons (Fsp3) is 0. The van der Waals surface area contributed by atoms with Gasteiger partial charge < -0.3 is 11.1 Å². The third kappa shape index (κ3) is 1.97. The van der Waals surface area contributed by atoms with Crippen molar-refractivity contribution in [3.05, 3.63) is 37.5 Å². The molecule has 0 saturated carbocycles. The lowest BCUT2D eigenvalue weighted by molar-refractivity contribution is 1.32. The van der Waals surface area contributed by atoms with Gasteiger partial charge in [-0.1, -0.05) is 6.08 Å². The van der Waals surface area contributed by atoms with Gasteiger partial charge in [-0.05, 0) is 12.1 Å². The van der Waals surface area contributed by atoms with Crippen LogP contribution in [0.3, 0.4) is 0 Å². The molecule has 1 heterocycles. The number of nitrogens with zero attached hydrogens (tertiary/aromatic N) is 1. The molecule has 0 amide bonds. The lowest BCUT2D eigenvalue weighted by Gasteiger charge is -2.03. The van der Waals surface area contributed by atoms with E-state index in [0.717, 1.165) is 5.69 Å². The lowest BCUT2D eigenvalue weighted by atomic mass is 10.4. The number of nitrogen functional groups attached to an aromatic ring is 1. The third-order valence-electron chi connectivity index (χ3n) is 1.20. The molecular weight excluding hydrogens is 138 g/mol. The Hall–Kier alpha value is -1.51. The molecule has 11 heavy (non-hydrogen) atoms. The van der Waals surface area contributed by atoms with Crippen LogP contribution >= 0.6 is 0 Å². The zero-order chi connectivity index (χ0) is 8.10. The molecule has 0 atom stereocenters. The largest absolute Gasteiger partial charge is 0.382 e. The van der Waals surface area contributed by atoms with Gasteiger partial charge in [0.2, 0.25) is 0 Å². The topological polar surface area (TPSA) is 50.9 Å². The molecule has 3 heteroatoms. The minimum atomic E-state index is 0.491. The summed E-state index contributed by atoms with van der Waals surface area (Å²) in [5.74, 6) is 0.491. The van der Waals surface area contributed by atoms with Gasteiger partial charge in [-0.25, -0.2) is 4.98 Å². The molecule has 1 radical (unpaired) electrons. The van der Waals surface area contributed by atoms with Gasteiger partial charge in [0.1, 0.15) is 5.82 Å². The van der Waals surface area contributed by atoms with E-state index < -0.39 is 0 Å². The van der Waals surface area contributed by atoms with E-state index in [1.807, 2.05) is 12.1 Å². The Morgan fingerprint density at radius 2 is 2.45 bits per heavy atom. The van der Waals surface area contributed by atoms with Gasteiger partial charge in [0.05, 0.1) is 12.2 Å². The van der Waals surface area contributed by atoms with Crippen molar-refractivity contribution >= 4 is 11.5 Å². The highest BCUT2D eigenvalue weighted by atomic mass is 14.9. The first kappa shape index (κ1) is 7.60. The summed E-state index contributed by atoms with van der Waals surface area (Å²) in [6.45, 7) is 5.23. The van der Waals surface area contributed by atoms with E-state index in [0.29, 0.717) is 5.82 Å². The number of nitrogens with one attached hydrogen (secondary N) is 1. The minimum Gasteiger partial charge on any atom is -0.382 e. The highest BCUT2D eigenvalue weighted by Gasteiger charge is 1.94. The minimum absolute atomic E-state index is 0.491. The highest BCUT2D eigenvalue weighted by molar-refractivity contribution is 5.62. The van der Waals surface area contributed by atoms with Crippen molar-refractivity contribution in [3.63, 3.8) is 0 Å². The van der Waals surface area contributed by atoms with Gasteiger partial charge in [0.25, 0.3) is 0 Å². The molecule has 3 nitrogen and oxygen atoms in total. The zero-order valence-corrected chi connectivity index (χ0v) is 6.12. The third-order valence-corrected chi connectivity index (χ3v) is 1.20. The van der Waals surface area contributed by atoms with Crippen LogP contribution in [-0.4, -0.2) is 4.98 Å². The van der Waals surface area contributed by atoms with Crippen LogP contribution in [0.2, 0.25) is 0 Å². The maximum Gasteiger partial charge on any atom is 0.146 e. The Bertz CT molecular complexity index is 245. The fourth-order valence-corrected chi connectivity index (χ4v) is 0.688. The van der Waals surface area contributed by atoms with Gasteiger partial charge >= 0.3 is 0 Å². The van der Waals surface area contributed by atoms with Gasteiger partial charge in [0.15, 0.2) is 0 Å². The first-order valence-corrected chi connectivity index (χ1v) is 3.26. The van der Waals surface area contributed by atoms with Gasteiger partial charge in [-0.2, -0.15) is 0 Å². The van der Waals surface area contributed by atoms with Crippen LogP contribution in [0.1, 0.15) is 0 Å². The molecule has 0 aliphatic heterocycles. The maximum absolute atomic E-state index is 5.53. The SMILES string of the molecule is C=C[CH]Nc1cccnc1N. The molecule has 0 saturated heterocycles. The van der Waals surface area contributed by atoms with Gasteiger partial charge in [-0.3, -0.25) is 0 Å². The second-order valence-corrected chi connectivity index (χ2v) is 1.98. The first-order chi connectivity index (χ1) is 5.34. The zero-order valence-electron chi connectivity index (χ0n) is 6.12. The standard InChI is InChI=1S/C8H10N3/c1-2-5-10-7-4-3-6-11-8(7)9/h2-6,10H,1H2,(H2,9,11). The number of anilines is 2. The Labute approximate surface area is 65.9 Å². The number of pyridine rings is 1. The summed E-state index contributed by atoms with van der Waals surface area (Å²) in [7, 11) is 0. The number of aromatic nitrogens is 1. The van der Waals surface area contributed by atoms with Crippen LogP contribution in [0.25, 0.3) is 0 Å². The van der Waals surface area contributed by atoms with Gasteiger partial charge in [0, 0.05) is 6.20 Å². The Balaban J connectivity index is 2.69. The van der Waals surface area contributed by atoms with E-state index in [4.69, 9.17) is 5.73 Å². The van der Waals surface area contributed by atoms with Crippen LogP contribution < -0.4 is 11.1 Å². The Kier molecular flexibility index (Phi) is 2.49. The lowest BCUT2D eigenvalue weighted by Crippen LogP contribution is -1.98. The van der Waals surface area contributed by atoms with E-state index in [9.17, 15) is 0 Å². The van der Waals surface area contributed by atoms with Crippen LogP contribution in [-0.2, 0) is 0 Å². The quantitative estimate of drug-likeness (QED) is 0.681. The molecule has 1 aromatic heterocycles.